The molecule has 4 nitrogen and oxygen atoms in total. The van der Waals surface area contributed by atoms with Gasteiger partial charge in [0.2, 0.25) is 0 Å². The lowest BCUT2D eigenvalue weighted by Gasteiger charge is -2.24. The number of carbonyl (C=O) groups excluding carboxylic acids is 1. The first kappa shape index (κ1) is 12.5. The molecule has 2 heterocycles. The van der Waals surface area contributed by atoms with Crippen molar-refractivity contribution < 1.29 is 9.53 Å². The number of hydrogen-bond donors (Lipinski definition) is 1. The summed E-state index contributed by atoms with van der Waals surface area (Å²) in [6.07, 6.45) is 3.02. The van der Waals surface area contributed by atoms with Gasteiger partial charge in [-0.1, -0.05) is 6.07 Å². The van der Waals surface area contributed by atoms with E-state index in [1.165, 1.54) is 5.56 Å². The molecule has 0 unspecified atom stereocenters. The van der Waals surface area contributed by atoms with E-state index in [9.17, 15) is 4.79 Å². The van der Waals surface area contributed by atoms with Gasteiger partial charge in [-0.2, -0.15) is 0 Å². The average molecular weight is 260 g/mol. The van der Waals surface area contributed by atoms with E-state index >= 15 is 0 Å². The van der Waals surface area contributed by atoms with Crippen LogP contribution in [0.15, 0.2) is 18.2 Å². The number of fused-ring (bicyclic) bond motifs is 1. The molecule has 0 aromatic heterocycles. The van der Waals surface area contributed by atoms with Crippen LogP contribution in [0.5, 0.6) is 0 Å². The number of nitrogens with one attached hydrogen (secondary N) is 1. The molecule has 1 saturated heterocycles. The van der Waals surface area contributed by atoms with Crippen molar-refractivity contribution in [2.45, 2.75) is 19.3 Å². The zero-order chi connectivity index (χ0) is 13.1. The first-order valence-electron chi connectivity index (χ1n) is 7.09. The van der Waals surface area contributed by atoms with Gasteiger partial charge in [-0.25, -0.2) is 0 Å². The van der Waals surface area contributed by atoms with Crippen molar-refractivity contribution in [1.82, 2.24) is 4.90 Å². The van der Waals surface area contributed by atoms with Gasteiger partial charge in [0.05, 0.1) is 6.61 Å². The van der Waals surface area contributed by atoms with E-state index in [4.69, 9.17) is 4.74 Å². The predicted molar refractivity (Wildman–Crippen MR) is 74.6 cm³/mol. The molecule has 0 bridgehead atoms. The Labute approximate surface area is 113 Å². The summed E-state index contributed by atoms with van der Waals surface area (Å²) in [5.41, 5.74) is 3.18. The Bertz CT molecular complexity index is 465. The monoisotopic (exact) mass is 260 g/mol. The Morgan fingerprint density at radius 1 is 1.21 bits per heavy atom. The van der Waals surface area contributed by atoms with Gasteiger partial charge in [0, 0.05) is 37.5 Å². The highest BCUT2D eigenvalue weighted by molar-refractivity contribution is 5.97. The zero-order valence-electron chi connectivity index (χ0n) is 11.2. The fraction of sp³-hybridized carbons (Fsp3) is 0.533. The smallest absolute Gasteiger partial charge is 0.254 e. The number of anilines is 1. The number of rotatable bonds is 1. The highest BCUT2D eigenvalue weighted by atomic mass is 16.5. The van der Waals surface area contributed by atoms with Crippen LogP contribution in [0.2, 0.25) is 0 Å². The molecular weight excluding hydrogens is 240 g/mol. The Kier molecular flexibility index (Phi) is 3.69. The molecule has 1 aromatic carbocycles. The van der Waals surface area contributed by atoms with Gasteiger partial charge in [0.15, 0.2) is 0 Å². The minimum Gasteiger partial charge on any atom is -0.385 e. The Morgan fingerprint density at radius 3 is 3.11 bits per heavy atom. The van der Waals surface area contributed by atoms with Crippen molar-refractivity contribution in [3.05, 3.63) is 29.3 Å². The average Bonchev–Trinajstić information content (AvgIpc) is 2.75. The lowest BCUT2D eigenvalue weighted by Crippen LogP contribution is -2.34. The highest BCUT2D eigenvalue weighted by Gasteiger charge is 2.22. The summed E-state index contributed by atoms with van der Waals surface area (Å²) < 4.78 is 5.42. The Morgan fingerprint density at radius 2 is 2.16 bits per heavy atom. The molecule has 0 radical (unpaired) electrons. The van der Waals surface area contributed by atoms with E-state index in [2.05, 4.69) is 11.4 Å². The van der Waals surface area contributed by atoms with Crippen molar-refractivity contribution in [2.24, 2.45) is 0 Å². The second-order valence-electron chi connectivity index (χ2n) is 5.12. The molecule has 102 valence electrons. The summed E-state index contributed by atoms with van der Waals surface area (Å²) in [5.74, 6) is 0.158. The summed E-state index contributed by atoms with van der Waals surface area (Å²) in [6.45, 7) is 3.92. The zero-order valence-corrected chi connectivity index (χ0v) is 11.2. The van der Waals surface area contributed by atoms with E-state index in [0.29, 0.717) is 13.2 Å². The SMILES string of the molecule is O=C(c1cccc2c1CCCN2)N1CCCOCC1. The van der Waals surface area contributed by atoms with Crippen LogP contribution in [-0.2, 0) is 11.2 Å². The molecule has 2 aliphatic heterocycles. The third kappa shape index (κ3) is 2.59. The van der Waals surface area contributed by atoms with Gasteiger partial charge in [-0.15, -0.1) is 0 Å². The summed E-state index contributed by atoms with van der Waals surface area (Å²) in [7, 11) is 0. The summed E-state index contributed by atoms with van der Waals surface area (Å²) >= 11 is 0. The summed E-state index contributed by atoms with van der Waals surface area (Å²) in [5, 5.41) is 3.38. The van der Waals surface area contributed by atoms with Crippen LogP contribution in [0.25, 0.3) is 0 Å². The van der Waals surface area contributed by atoms with Crippen molar-refractivity contribution in [3.63, 3.8) is 0 Å². The van der Waals surface area contributed by atoms with Crippen LogP contribution in [-0.4, -0.2) is 43.7 Å². The van der Waals surface area contributed by atoms with Crippen LogP contribution < -0.4 is 5.32 Å². The van der Waals surface area contributed by atoms with Crippen molar-refractivity contribution in [2.75, 3.05) is 38.2 Å². The van der Waals surface area contributed by atoms with Crippen LogP contribution in [0, 0.1) is 0 Å². The number of amides is 1. The summed E-state index contributed by atoms with van der Waals surface area (Å²) in [4.78, 5) is 14.6. The molecule has 1 fully saturated rings. The van der Waals surface area contributed by atoms with E-state index < -0.39 is 0 Å². The van der Waals surface area contributed by atoms with Gasteiger partial charge in [0.1, 0.15) is 0 Å². The van der Waals surface area contributed by atoms with Gasteiger partial charge in [-0.3, -0.25) is 4.79 Å². The molecule has 1 aromatic rings. The maximum absolute atomic E-state index is 12.7. The molecule has 4 heteroatoms. The molecular formula is C15H20N2O2. The minimum absolute atomic E-state index is 0.158. The summed E-state index contributed by atoms with van der Waals surface area (Å²) in [6, 6.07) is 6.00. The molecule has 19 heavy (non-hydrogen) atoms. The topological polar surface area (TPSA) is 41.6 Å². The van der Waals surface area contributed by atoms with Crippen LogP contribution in [0.1, 0.15) is 28.8 Å². The molecule has 0 spiro atoms. The maximum Gasteiger partial charge on any atom is 0.254 e. The van der Waals surface area contributed by atoms with Crippen LogP contribution >= 0.6 is 0 Å². The minimum atomic E-state index is 0.158. The van der Waals surface area contributed by atoms with E-state index in [0.717, 1.165) is 50.2 Å². The molecule has 1 amide bonds. The lowest BCUT2D eigenvalue weighted by atomic mass is 9.97. The molecule has 3 rings (SSSR count). The lowest BCUT2D eigenvalue weighted by molar-refractivity contribution is 0.0740. The Hall–Kier alpha value is -1.55. The fourth-order valence-corrected chi connectivity index (χ4v) is 2.83. The number of benzene rings is 1. The molecule has 0 saturated carbocycles. The molecule has 1 N–H and O–H groups in total. The third-order valence-electron chi connectivity index (χ3n) is 3.83. The second-order valence-corrected chi connectivity index (χ2v) is 5.12. The Balaban J connectivity index is 1.86. The largest absolute Gasteiger partial charge is 0.385 e. The highest BCUT2D eigenvalue weighted by Crippen LogP contribution is 2.26. The third-order valence-corrected chi connectivity index (χ3v) is 3.83. The van der Waals surface area contributed by atoms with E-state index in [-0.39, 0.29) is 5.91 Å². The van der Waals surface area contributed by atoms with Crippen LogP contribution in [0.4, 0.5) is 5.69 Å². The molecule has 0 atom stereocenters. The molecule has 0 aliphatic carbocycles. The van der Waals surface area contributed by atoms with E-state index in [1.54, 1.807) is 0 Å². The van der Waals surface area contributed by atoms with Gasteiger partial charge in [-0.05, 0) is 37.0 Å². The van der Waals surface area contributed by atoms with E-state index in [1.807, 2.05) is 17.0 Å². The van der Waals surface area contributed by atoms with Gasteiger partial charge in [0.25, 0.3) is 5.91 Å². The van der Waals surface area contributed by atoms with Crippen molar-refractivity contribution in [3.8, 4) is 0 Å². The standard InChI is InChI=1S/C15H20N2O2/c18-15(17-8-3-10-19-11-9-17)13-4-1-6-14-12(13)5-2-7-16-14/h1,4,6,16H,2-3,5,7-11H2. The normalized spacial score (nSPS) is 19.3. The fourth-order valence-electron chi connectivity index (χ4n) is 2.83. The van der Waals surface area contributed by atoms with Crippen LogP contribution in [0.3, 0.4) is 0 Å². The van der Waals surface area contributed by atoms with Gasteiger partial charge >= 0.3 is 0 Å². The predicted octanol–water partition coefficient (Wildman–Crippen LogP) is 1.91. The first-order chi connectivity index (χ1) is 9.36. The number of carbonyl (C=O) groups is 1. The number of nitrogens with zero attached hydrogens (tertiary/aromatic N) is 1. The van der Waals surface area contributed by atoms with Crippen molar-refractivity contribution in [1.29, 1.82) is 0 Å². The first-order valence-corrected chi connectivity index (χ1v) is 7.09. The van der Waals surface area contributed by atoms with Crippen molar-refractivity contribution >= 4 is 11.6 Å². The second kappa shape index (κ2) is 5.61. The van der Waals surface area contributed by atoms with Gasteiger partial charge < -0.3 is 15.0 Å². The quantitative estimate of drug-likeness (QED) is 0.838. The molecule has 2 aliphatic rings. The number of hydrogen-bond acceptors (Lipinski definition) is 3. The maximum atomic E-state index is 12.7. The number of ether oxygens (including phenoxy) is 1.